The number of aliphatic hydroxyl groups is 2. The zero-order chi connectivity index (χ0) is 13.9. The van der Waals surface area contributed by atoms with Crippen LogP contribution in [0.1, 0.15) is 27.2 Å². The topological polar surface area (TPSA) is 66.8 Å². The number of carbonyl (C=O) groups is 1. The minimum atomic E-state index is -0.653. The van der Waals surface area contributed by atoms with Crippen molar-refractivity contribution in [3.8, 4) is 0 Å². The van der Waals surface area contributed by atoms with Crippen molar-refractivity contribution < 1.29 is 19.7 Å². The third-order valence-corrected chi connectivity index (χ3v) is 5.13. The van der Waals surface area contributed by atoms with Gasteiger partial charge >= 0.3 is 5.97 Å². The molecule has 2 aliphatic carbocycles. The zero-order valence-corrected chi connectivity index (χ0v) is 11.5. The second-order valence-corrected chi connectivity index (χ2v) is 6.23. The molecule has 1 aliphatic heterocycles. The first-order chi connectivity index (χ1) is 8.86. The largest absolute Gasteiger partial charge is 0.457 e. The third-order valence-electron chi connectivity index (χ3n) is 5.13. The third kappa shape index (κ3) is 1.56. The van der Waals surface area contributed by atoms with Crippen LogP contribution < -0.4 is 0 Å². The summed E-state index contributed by atoms with van der Waals surface area (Å²) in [5.41, 5.74) is 1.20. The van der Waals surface area contributed by atoms with Crippen LogP contribution in [0.3, 0.4) is 0 Å². The van der Waals surface area contributed by atoms with Gasteiger partial charge in [0.1, 0.15) is 6.10 Å². The summed E-state index contributed by atoms with van der Waals surface area (Å²) in [6.07, 6.45) is 2.69. The van der Waals surface area contributed by atoms with E-state index in [0.29, 0.717) is 6.42 Å². The Labute approximate surface area is 112 Å². The summed E-state index contributed by atoms with van der Waals surface area (Å²) in [6, 6.07) is 0. The van der Waals surface area contributed by atoms with Crippen molar-refractivity contribution in [3.63, 3.8) is 0 Å². The predicted molar refractivity (Wildman–Crippen MR) is 69.1 cm³/mol. The van der Waals surface area contributed by atoms with Gasteiger partial charge < -0.3 is 14.9 Å². The summed E-state index contributed by atoms with van der Waals surface area (Å²) >= 11 is 0. The summed E-state index contributed by atoms with van der Waals surface area (Å²) < 4.78 is 5.51. The average Bonchev–Trinajstić information content (AvgIpc) is 2.63. The number of ether oxygens (including phenoxy) is 1. The molecule has 6 atom stereocenters. The molecule has 4 heteroatoms. The van der Waals surface area contributed by atoms with Gasteiger partial charge in [0.05, 0.1) is 18.1 Å². The van der Waals surface area contributed by atoms with Gasteiger partial charge in [-0.15, -0.1) is 0 Å². The van der Waals surface area contributed by atoms with Crippen LogP contribution >= 0.6 is 0 Å². The number of rotatable bonds is 0. The Morgan fingerprint density at radius 3 is 2.79 bits per heavy atom. The molecule has 0 spiro atoms. The maximum absolute atomic E-state index is 11.8. The minimum absolute atomic E-state index is 0.0167. The van der Waals surface area contributed by atoms with E-state index in [2.05, 4.69) is 0 Å². The van der Waals surface area contributed by atoms with E-state index in [1.807, 2.05) is 32.9 Å². The molecule has 0 saturated carbocycles. The summed E-state index contributed by atoms with van der Waals surface area (Å²) in [4.78, 5) is 11.8. The standard InChI is InChI=1S/C15H20O4/c1-7-9-4-5-15(3)11(17)6-10(16)8(2)12(15)13(9)19-14(7)18/h4-5,7,9-11,13,16-17H,6H2,1-3H3. The van der Waals surface area contributed by atoms with Crippen molar-refractivity contribution in [1.82, 2.24) is 0 Å². The summed E-state index contributed by atoms with van der Waals surface area (Å²) in [7, 11) is 0. The van der Waals surface area contributed by atoms with Crippen LogP contribution in [0.4, 0.5) is 0 Å². The van der Waals surface area contributed by atoms with E-state index in [1.165, 1.54) is 0 Å². The number of aliphatic hydroxyl groups excluding tert-OH is 2. The SMILES string of the molecule is CC1=C2C3OC(=O)C(C)C3C=CC2(C)C(O)CC1O. The van der Waals surface area contributed by atoms with Gasteiger partial charge in [-0.3, -0.25) is 4.79 Å². The first-order valence-electron chi connectivity index (χ1n) is 6.83. The van der Waals surface area contributed by atoms with Crippen LogP contribution in [0.5, 0.6) is 0 Å². The molecule has 3 aliphatic rings. The van der Waals surface area contributed by atoms with Crippen molar-refractivity contribution in [2.24, 2.45) is 17.3 Å². The number of esters is 1. The van der Waals surface area contributed by atoms with Gasteiger partial charge in [0.2, 0.25) is 0 Å². The molecule has 0 aromatic heterocycles. The van der Waals surface area contributed by atoms with E-state index < -0.39 is 17.6 Å². The van der Waals surface area contributed by atoms with Crippen molar-refractivity contribution >= 4 is 5.97 Å². The molecule has 0 bridgehead atoms. The number of hydrogen-bond acceptors (Lipinski definition) is 4. The van der Waals surface area contributed by atoms with E-state index >= 15 is 0 Å². The van der Waals surface area contributed by atoms with Crippen molar-refractivity contribution in [2.75, 3.05) is 0 Å². The monoisotopic (exact) mass is 264 g/mol. The molecule has 3 rings (SSSR count). The van der Waals surface area contributed by atoms with E-state index in [9.17, 15) is 15.0 Å². The van der Waals surface area contributed by atoms with Crippen LogP contribution in [-0.4, -0.2) is 34.5 Å². The van der Waals surface area contributed by atoms with Crippen molar-refractivity contribution in [1.29, 1.82) is 0 Å². The highest BCUT2D eigenvalue weighted by Crippen LogP contribution is 2.52. The molecule has 1 fully saturated rings. The maximum Gasteiger partial charge on any atom is 0.310 e. The molecule has 1 saturated heterocycles. The van der Waals surface area contributed by atoms with E-state index in [4.69, 9.17) is 4.74 Å². The van der Waals surface area contributed by atoms with E-state index in [-0.39, 0.29) is 23.9 Å². The van der Waals surface area contributed by atoms with Gasteiger partial charge in [0, 0.05) is 17.8 Å². The molecule has 0 amide bonds. The molecule has 2 N–H and O–H groups in total. The summed E-state index contributed by atoms with van der Waals surface area (Å²) in [5, 5.41) is 20.4. The molecule has 0 aromatic carbocycles. The Balaban J connectivity index is 2.15. The van der Waals surface area contributed by atoms with Gasteiger partial charge in [0.15, 0.2) is 0 Å². The average molecular weight is 264 g/mol. The highest BCUT2D eigenvalue weighted by atomic mass is 16.6. The number of fused-ring (bicyclic) bond motifs is 3. The highest BCUT2D eigenvalue weighted by molar-refractivity contribution is 5.76. The Hall–Kier alpha value is -1.13. The molecule has 4 nitrogen and oxygen atoms in total. The first-order valence-corrected chi connectivity index (χ1v) is 6.83. The number of hydrogen-bond donors (Lipinski definition) is 2. The Morgan fingerprint density at radius 1 is 1.42 bits per heavy atom. The lowest BCUT2D eigenvalue weighted by Gasteiger charge is -2.46. The van der Waals surface area contributed by atoms with Crippen molar-refractivity contribution in [2.45, 2.75) is 45.5 Å². The van der Waals surface area contributed by atoms with E-state index in [1.54, 1.807) is 0 Å². The smallest absolute Gasteiger partial charge is 0.310 e. The second-order valence-electron chi connectivity index (χ2n) is 6.23. The molecule has 19 heavy (non-hydrogen) atoms. The zero-order valence-electron chi connectivity index (χ0n) is 11.5. The van der Waals surface area contributed by atoms with Crippen molar-refractivity contribution in [3.05, 3.63) is 23.3 Å². The van der Waals surface area contributed by atoms with Crippen LogP contribution in [0.25, 0.3) is 0 Å². The number of carbonyl (C=O) groups excluding carboxylic acids is 1. The van der Waals surface area contributed by atoms with Gasteiger partial charge in [0.25, 0.3) is 0 Å². The molecular weight excluding hydrogens is 244 g/mol. The molecule has 6 unspecified atom stereocenters. The van der Waals surface area contributed by atoms with Gasteiger partial charge in [-0.2, -0.15) is 0 Å². The fourth-order valence-electron chi connectivity index (χ4n) is 3.71. The van der Waals surface area contributed by atoms with Crippen LogP contribution in [0.2, 0.25) is 0 Å². The maximum atomic E-state index is 11.8. The Bertz CT molecular complexity index is 492. The second kappa shape index (κ2) is 3.93. The lowest BCUT2D eigenvalue weighted by atomic mass is 9.61. The van der Waals surface area contributed by atoms with E-state index in [0.717, 1.165) is 11.1 Å². The quantitative estimate of drug-likeness (QED) is 0.509. The van der Waals surface area contributed by atoms with Gasteiger partial charge in [-0.05, 0) is 25.0 Å². The predicted octanol–water partition coefficient (Wildman–Crippen LogP) is 1.18. The molecule has 0 radical (unpaired) electrons. The normalized spacial score (nSPS) is 48.9. The highest BCUT2D eigenvalue weighted by Gasteiger charge is 2.54. The van der Waals surface area contributed by atoms with Crippen LogP contribution in [-0.2, 0) is 9.53 Å². The minimum Gasteiger partial charge on any atom is -0.457 e. The fraction of sp³-hybridized carbons (Fsp3) is 0.667. The first kappa shape index (κ1) is 12.9. The summed E-state index contributed by atoms with van der Waals surface area (Å²) in [5.74, 6) is -0.343. The summed E-state index contributed by atoms with van der Waals surface area (Å²) in [6.45, 7) is 5.69. The molecular formula is C15H20O4. The lowest BCUT2D eigenvalue weighted by Crippen LogP contribution is -2.47. The molecule has 0 aromatic rings. The Morgan fingerprint density at radius 2 is 2.11 bits per heavy atom. The van der Waals surface area contributed by atoms with Gasteiger partial charge in [-0.25, -0.2) is 0 Å². The fourth-order valence-corrected chi connectivity index (χ4v) is 3.71. The lowest BCUT2D eigenvalue weighted by molar-refractivity contribution is -0.143. The van der Waals surface area contributed by atoms with Crippen LogP contribution in [0.15, 0.2) is 23.3 Å². The molecule has 104 valence electrons. The van der Waals surface area contributed by atoms with Crippen LogP contribution in [0, 0.1) is 17.3 Å². The Kier molecular flexibility index (Phi) is 2.67. The molecule has 1 heterocycles. The van der Waals surface area contributed by atoms with Gasteiger partial charge in [-0.1, -0.05) is 19.1 Å².